The number of para-hydroxylation sites is 3. The van der Waals surface area contributed by atoms with Crippen LogP contribution in [0.1, 0.15) is 5.56 Å². The second-order valence-corrected chi connectivity index (χ2v) is 6.48. The molecular weight excluding hydrogens is 366 g/mol. The maximum Gasteiger partial charge on any atom is 0.260 e. The molecule has 29 heavy (non-hydrogen) atoms. The Labute approximate surface area is 167 Å². The molecule has 144 valence electrons. The molecule has 0 aliphatic carbocycles. The molecule has 0 saturated heterocycles. The van der Waals surface area contributed by atoms with Gasteiger partial charge in [-0.25, -0.2) is 5.43 Å². The number of aromatic nitrogens is 1. The van der Waals surface area contributed by atoms with Crippen molar-refractivity contribution < 1.29 is 9.53 Å². The van der Waals surface area contributed by atoms with Gasteiger partial charge in [-0.1, -0.05) is 36.4 Å². The third-order valence-corrected chi connectivity index (χ3v) is 4.71. The third-order valence-electron chi connectivity index (χ3n) is 4.71. The van der Waals surface area contributed by atoms with Gasteiger partial charge in [0.15, 0.2) is 5.43 Å². The normalized spacial score (nSPS) is 11.2. The van der Waals surface area contributed by atoms with E-state index in [9.17, 15) is 9.59 Å². The van der Waals surface area contributed by atoms with Gasteiger partial charge in [-0.3, -0.25) is 9.59 Å². The summed E-state index contributed by atoms with van der Waals surface area (Å²) in [5, 5.41) is 5.20. The van der Waals surface area contributed by atoms with Crippen LogP contribution in [0.25, 0.3) is 21.8 Å². The molecule has 0 unspecified atom stereocenters. The van der Waals surface area contributed by atoms with Crippen molar-refractivity contribution in [2.45, 2.75) is 6.54 Å². The van der Waals surface area contributed by atoms with E-state index in [-0.39, 0.29) is 17.9 Å². The van der Waals surface area contributed by atoms with Gasteiger partial charge < -0.3 is 9.30 Å². The highest BCUT2D eigenvalue weighted by Crippen LogP contribution is 2.19. The first kappa shape index (κ1) is 18.4. The number of amides is 1. The fourth-order valence-electron chi connectivity index (χ4n) is 3.37. The molecule has 1 amide bonds. The van der Waals surface area contributed by atoms with Crippen LogP contribution >= 0.6 is 0 Å². The zero-order valence-corrected chi connectivity index (χ0v) is 15.8. The van der Waals surface area contributed by atoms with Gasteiger partial charge in [-0.2, -0.15) is 5.10 Å². The van der Waals surface area contributed by atoms with Crippen molar-refractivity contribution in [3.05, 3.63) is 88.6 Å². The van der Waals surface area contributed by atoms with Crippen molar-refractivity contribution in [2.24, 2.45) is 5.10 Å². The van der Waals surface area contributed by atoms with Crippen LogP contribution in [0.15, 0.2) is 82.7 Å². The predicted octanol–water partition coefficient (Wildman–Crippen LogP) is 3.31. The van der Waals surface area contributed by atoms with Gasteiger partial charge in [0.05, 0.1) is 24.4 Å². The minimum Gasteiger partial charge on any atom is -0.496 e. The second-order valence-electron chi connectivity index (χ2n) is 6.48. The molecule has 0 saturated carbocycles. The fraction of sp³-hybridized carbons (Fsp3) is 0.0870. The number of pyridine rings is 1. The Morgan fingerprint density at radius 3 is 2.21 bits per heavy atom. The Morgan fingerprint density at radius 2 is 1.55 bits per heavy atom. The lowest BCUT2D eigenvalue weighted by Crippen LogP contribution is -2.25. The van der Waals surface area contributed by atoms with Crippen LogP contribution in [0.4, 0.5) is 0 Å². The van der Waals surface area contributed by atoms with Crippen molar-refractivity contribution in [3.63, 3.8) is 0 Å². The van der Waals surface area contributed by atoms with Gasteiger partial charge in [-0.15, -0.1) is 0 Å². The highest BCUT2D eigenvalue weighted by molar-refractivity contribution is 5.95. The molecule has 1 aromatic heterocycles. The van der Waals surface area contributed by atoms with Crippen LogP contribution in [0.3, 0.4) is 0 Å². The molecule has 4 rings (SSSR count). The smallest absolute Gasteiger partial charge is 0.260 e. The summed E-state index contributed by atoms with van der Waals surface area (Å²) in [6.07, 6.45) is 1.54. The number of ether oxygens (including phenoxy) is 1. The molecule has 1 heterocycles. The Balaban J connectivity index is 1.65. The Kier molecular flexibility index (Phi) is 5.07. The average Bonchev–Trinajstić information content (AvgIpc) is 2.77. The summed E-state index contributed by atoms with van der Waals surface area (Å²) in [5.41, 5.74) is 4.69. The second kappa shape index (κ2) is 7.98. The van der Waals surface area contributed by atoms with E-state index in [1.54, 1.807) is 25.5 Å². The standard InChI is InChI=1S/C23H19N3O3/c1-29-21-13-7-2-8-16(21)14-24-25-22(27)15-26-19-11-5-3-9-17(19)23(28)18-10-4-6-12-20(18)26/h2-14H,15H2,1H3,(H,25,27)/b24-14+. The number of nitrogens with one attached hydrogen (secondary N) is 1. The summed E-state index contributed by atoms with van der Waals surface area (Å²) in [4.78, 5) is 25.3. The molecule has 0 spiro atoms. The van der Waals surface area contributed by atoms with Crippen LogP contribution in [0.2, 0.25) is 0 Å². The fourth-order valence-corrected chi connectivity index (χ4v) is 3.37. The summed E-state index contributed by atoms with van der Waals surface area (Å²) >= 11 is 0. The van der Waals surface area contributed by atoms with Gasteiger partial charge in [0.1, 0.15) is 12.3 Å². The quantitative estimate of drug-likeness (QED) is 0.325. The number of fused-ring (bicyclic) bond motifs is 2. The minimum absolute atomic E-state index is 0.0323. The van der Waals surface area contributed by atoms with Gasteiger partial charge in [0.25, 0.3) is 5.91 Å². The average molecular weight is 385 g/mol. The number of nitrogens with zero attached hydrogens (tertiary/aromatic N) is 2. The predicted molar refractivity (Wildman–Crippen MR) is 114 cm³/mol. The van der Waals surface area contributed by atoms with E-state index < -0.39 is 0 Å². The number of benzene rings is 3. The van der Waals surface area contributed by atoms with E-state index in [4.69, 9.17) is 4.74 Å². The molecule has 6 nitrogen and oxygen atoms in total. The number of carbonyl (C=O) groups is 1. The molecule has 6 heteroatoms. The SMILES string of the molecule is COc1ccccc1/C=N/NC(=O)Cn1c2ccccc2c(=O)c2ccccc21. The first-order chi connectivity index (χ1) is 14.2. The number of hydrogen-bond donors (Lipinski definition) is 1. The van der Waals surface area contributed by atoms with Crippen LogP contribution in [0, 0.1) is 0 Å². The molecule has 0 fully saturated rings. The van der Waals surface area contributed by atoms with E-state index in [0.717, 1.165) is 5.56 Å². The molecular formula is C23H19N3O3. The highest BCUT2D eigenvalue weighted by atomic mass is 16.5. The van der Waals surface area contributed by atoms with Crippen molar-refractivity contribution in [1.82, 2.24) is 9.99 Å². The zero-order valence-electron chi connectivity index (χ0n) is 15.8. The van der Waals surface area contributed by atoms with Crippen LogP contribution < -0.4 is 15.6 Å². The van der Waals surface area contributed by atoms with Crippen LogP contribution in [0.5, 0.6) is 5.75 Å². The number of methoxy groups -OCH3 is 1. The number of carbonyl (C=O) groups excluding carboxylic acids is 1. The first-order valence-corrected chi connectivity index (χ1v) is 9.14. The first-order valence-electron chi connectivity index (χ1n) is 9.14. The van der Waals surface area contributed by atoms with E-state index >= 15 is 0 Å². The largest absolute Gasteiger partial charge is 0.496 e. The molecule has 4 aromatic rings. The molecule has 0 bridgehead atoms. The summed E-state index contributed by atoms with van der Waals surface area (Å²) in [6, 6.07) is 22.0. The summed E-state index contributed by atoms with van der Waals surface area (Å²) in [5.74, 6) is 0.373. The number of hydrazone groups is 1. The van der Waals surface area contributed by atoms with Gasteiger partial charge in [0, 0.05) is 16.3 Å². The lowest BCUT2D eigenvalue weighted by molar-refractivity contribution is -0.121. The van der Waals surface area contributed by atoms with Crippen molar-refractivity contribution in [3.8, 4) is 5.75 Å². The minimum atomic E-state index is -0.296. The summed E-state index contributed by atoms with van der Waals surface area (Å²) < 4.78 is 7.10. The molecule has 0 aliphatic rings. The van der Waals surface area contributed by atoms with Crippen LogP contribution in [-0.4, -0.2) is 23.8 Å². The highest BCUT2D eigenvalue weighted by Gasteiger charge is 2.12. The van der Waals surface area contributed by atoms with E-state index in [2.05, 4.69) is 10.5 Å². The molecule has 3 aromatic carbocycles. The monoisotopic (exact) mass is 385 g/mol. The lowest BCUT2D eigenvalue weighted by atomic mass is 10.1. The number of rotatable bonds is 5. The lowest BCUT2D eigenvalue weighted by Gasteiger charge is -2.14. The van der Waals surface area contributed by atoms with E-state index in [1.807, 2.05) is 65.2 Å². The van der Waals surface area contributed by atoms with Gasteiger partial charge in [0.2, 0.25) is 0 Å². The van der Waals surface area contributed by atoms with Crippen molar-refractivity contribution >= 4 is 33.9 Å². The third kappa shape index (κ3) is 3.60. The Bertz CT molecular complexity index is 1230. The van der Waals surface area contributed by atoms with E-state index in [0.29, 0.717) is 27.6 Å². The van der Waals surface area contributed by atoms with Crippen LogP contribution in [-0.2, 0) is 11.3 Å². The van der Waals surface area contributed by atoms with Gasteiger partial charge >= 0.3 is 0 Å². The summed E-state index contributed by atoms with van der Waals surface area (Å²) in [6.45, 7) is 0.0323. The topological polar surface area (TPSA) is 72.7 Å². The van der Waals surface area contributed by atoms with Crippen molar-refractivity contribution in [1.29, 1.82) is 0 Å². The van der Waals surface area contributed by atoms with Crippen molar-refractivity contribution in [2.75, 3.05) is 7.11 Å². The molecule has 0 radical (unpaired) electrons. The maximum atomic E-state index is 12.8. The molecule has 1 N–H and O–H groups in total. The van der Waals surface area contributed by atoms with E-state index in [1.165, 1.54) is 0 Å². The molecule has 0 aliphatic heterocycles. The maximum absolute atomic E-state index is 12.8. The Hall–Kier alpha value is -3.93. The van der Waals surface area contributed by atoms with Gasteiger partial charge in [-0.05, 0) is 36.4 Å². The zero-order chi connectivity index (χ0) is 20.2. The Morgan fingerprint density at radius 1 is 0.966 bits per heavy atom. The molecule has 0 atom stereocenters. The summed E-state index contributed by atoms with van der Waals surface area (Å²) in [7, 11) is 1.58. The number of hydrogen-bond acceptors (Lipinski definition) is 4.